The molecule has 582 valence electrons. The third-order valence-corrected chi connectivity index (χ3v) is 18.4. The molecule has 12 atom stereocenters. The lowest BCUT2D eigenvalue weighted by molar-refractivity contribution is -0.137. The van der Waals surface area contributed by atoms with Crippen LogP contribution in [0.25, 0.3) is 10.9 Å². The Kier molecular flexibility index (Phi) is 39.9. The van der Waals surface area contributed by atoms with Gasteiger partial charge in [0.1, 0.15) is 66.5 Å². The molecule has 0 aliphatic rings. The van der Waals surface area contributed by atoms with E-state index in [-0.39, 0.29) is 76.2 Å². The lowest BCUT2D eigenvalue weighted by atomic mass is 9.96. The fraction of sp³-hybridized carbons (Fsp3) is 0.597. The average Bonchev–Trinajstić information content (AvgIpc) is 1.63. The number of benzene rings is 2. The van der Waals surface area contributed by atoms with Crippen molar-refractivity contribution < 1.29 is 62.6 Å². The number of para-hydroxylation sites is 1. The zero-order valence-electron chi connectivity index (χ0n) is 61.7. The highest BCUT2D eigenvalue weighted by Gasteiger charge is 2.38. The predicted octanol–water partition coefficient (Wildman–Crippen LogP) is -1.03. The number of H-pyrrole nitrogens is 2. The van der Waals surface area contributed by atoms with Crippen molar-refractivity contribution in [2.24, 2.45) is 46.4 Å². The second kappa shape index (κ2) is 47.4. The monoisotopic (exact) mass is 1490 g/mol. The van der Waals surface area contributed by atoms with E-state index >= 15 is 0 Å². The Morgan fingerprint density at radius 1 is 0.476 bits per heavy atom. The quantitative estimate of drug-likeness (QED) is 0.0235. The van der Waals surface area contributed by atoms with Crippen molar-refractivity contribution in [3.05, 3.63) is 90.1 Å². The summed E-state index contributed by atoms with van der Waals surface area (Å²) in [6, 6.07) is 1.37. The Balaban J connectivity index is 1.62. The fourth-order valence-electron chi connectivity index (χ4n) is 11.7. The molecule has 0 saturated carbocycles. The van der Waals surface area contributed by atoms with Gasteiger partial charge in [-0.25, -0.2) is 4.98 Å². The number of nitrogens with one attached hydrogen (secondary N) is 13. The van der Waals surface area contributed by atoms with Crippen LogP contribution in [0.5, 0.6) is 0 Å². The van der Waals surface area contributed by atoms with Crippen LogP contribution in [0.2, 0.25) is 0 Å². The number of aromatic nitrogens is 3. The fourth-order valence-corrected chi connectivity index (χ4v) is 12.1. The van der Waals surface area contributed by atoms with Crippen molar-refractivity contribution >= 4 is 93.6 Å². The van der Waals surface area contributed by atoms with Gasteiger partial charge in [0, 0.05) is 48.3 Å². The van der Waals surface area contributed by atoms with Crippen molar-refractivity contribution in [2.75, 3.05) is 44.8 Å². The maximum absolute atomic E-state index is 14.8. The normalized spacial score (nSPS) is 14.8. The SMILES string of the molecule is CC[C@H](C)[C@H](NC(=O)[C@H](Cc1cnc[nH]1)NC(=O)[C@H](CCCCN)NC(=O)[C@H](CC(C)C)NC(=O)[C@H](Cc1ccccc1)NC(=O)[C@H](CO)NC(=O)[C@H](CCSC)NC(=O)[C@H](Cc1c[nH]c2ccccc12)NC(=O)[C@H](CCCCN)NC(=O)CN)C(=O)N[C@@H](CC(C)C)C(=O)N[C@@H](CCCCN)C(N)=O. The predicted molar refractivity (Wildman–Crippen MR) is 401 cm³/mol. The number of aliphatic hydroxyl groups excluding tert-OH is 1. The van der Waals surface area contributed by atoms with Gasteiger partial charge < -0.3 is 102 Å². The number of nitrogens with zero attached hydrogens (tertiary/aromatic N) is 1. The number of thioether (sulfide) groups is 1. The van der Waals surface area contributed by atoms with Crippen molar-refractivity contribution in [3.63, 3.8) is 0 Å². The first kappa shape index (κ1) is 88.4. The number of carbonyl (C=O) groups is 12. The summed E-state index contributed by atoms with van der Waals surface area (Å²) >= 11 is 1.36. The Morgan fingerprint density at radius 2 is 0.905 bits per heavy atom. The topological polar surface area (TPSA) is 532 Å². The molecule has 4 rings (SSSR count). The van der Waals surface area contributed by atoms with Gasteiger partial charge in [0.2, 0.25) is 70.9 Å². The summed E-state index contributed by atoms with van der Waals surface area (Å²) in [6.45, 7) is 10.4. The second-order valence-electron chi connectivity index (χ2n) is 27.3. The van der Waals surface area contributed by atoms with Crippen LogP contribution >= 0.6 is 11.8 Å². The van der Waals surface area contributed by atoms with Crippen LogP contribution in [0.4, 0.5) is 0 Å². The molecule has 0 radical (unpaired) electrons. The molecule has 2 heterocycles. The number of hydrogen-bond acceptors (Lipinski definition) is 19. The van der Waals surface area contributed by atoms with E-state index in [1.807, 2.05) is 38.1 Å². The smallest absolute Gasteiger partial charge is 0.245 e. The number of carbonyl (C=O) groups excluding carboxylic acids is 12. The average molecular weight is 1490 g/mol. The first-order valence-corrected chi connectivity index (χ1v) is 37.7. The van der Waals surface area contributed by atoms with Gasteiger partial charge >= 0.3 is 0 Å². The molecule has 0 spiro atoms. The van der Waals surface area contributed by atoms with Crippen LogP contribution in [0, 0.1) is 17.8 Å². The van der Waals surface area contributed by atoms with E-state index in [4.69, 9.17) is 28.7 Å². The van der Waals surface area contributed by atoms with E-state index in [2.05, 4.69) is 73.4 Å². The van der Waals surface area contributed by atoms with Crippen LogP contribution in [-0.2, 0) is 76.8 Å². The molecule has 2 aromatic heterocycles. The number of amides is 12. The lowest BCUT2D eigenvalue weighted by Gasteiger charge is -2.30. The third kappa shape index (κ3) is 30.9. The number of fused-ring (bicyclic) bond motifs is 1. The van der Waals surface area contributed by atoms with Gasteiger partial charge in [-0.3, -0.25) is 57.5 Å². The van der Waals surface area contributed by atoms with E-state index in [0.29, 0.717) is 80.6 Å². The summed E-state index contributed by atoms with van der Waals surface area (Å²) in [5.74, 6) is -9.96. The van der Waals surface area contributed by atoms with Crippen molar-refractivity contribution in [2.45, 2.75) is 211 Å². The van der Waals surface area contributed by atoms with Crippen LogP contribution < -0.4 is 87.2 Å². The molecule has 0 bridgehead atoms. The van der Waals surface area contributed by atoms with Gasteiger partial charge in [0.15, 0.2) is 0 Å². The van der Waals surface area contributed by atoms with Crippen LogP contribution in [0.15, 0.2) is 73.3 Å². The maximum Gasteiger partial charge on any atom is 0.245 e. The number of hydrogen-bond donors (Lipinski definition) is 19. The van der Waals surface area contributed by atoms with Crippen LogP contribution in [-0.4, -0.2) is 202 Å². The molecule has 2 aromatic carbocycles. The molecule has 0 saturated heterocycles. The third-order valence-electron chi connectivity index (χ3n) is 17.8. The van der Waals surface area contributed by atoms with Gasteiger partial charge in [0.05, 0.1) is 19.5 Å². The van der Waals surface area contributed by atoms with Crippen molar-refractivity contribution in [1.29, 1.82) is 0 Å². The van der Waals surface area contributed by atoms with E-state index in [1.54, 1.807) is 70.5 Å². The molecule has 0 aliphatic carbocycles. The van der Waals surface area contributed by atoms with E-state index < -0.39 is 156 Å². The van der Waals surface area contributed by atoms with Crippen LogP contribution in [0.1, 0.15) is 142 Å². The summed E-state index contributed by atoms with van der Waals surface area (Å²) in [4.78, 5) is 180. The molecule has 105 heavy (non-hydrogen) atoms. The number of imidazole rings is 1. The number of aliphatic hydroxyl groups is 1. The molecule has 24 N–H and O–H groups in total. The van der Waals surface area contributed by atoms with Crippen LogP contribution in [0.3, 0.4) is 0 Å². The molecule has 12 amide bonds. The molecule has 4 aromatic rings. The molecular weight excluding hydrogens is 1370 g/mol. The molecule has 0 unspecified atom stereocenters. The molecule has 0 fully saturated rings. The van der Waals surface area contributed by atoms with E-state index in [9.17, 15) is 62.6 Å². The van der Waals surface area contributed by atoms with Crippen molar-refractivity contribution in [1.82, 2.24) is 73.4 Å². The van der Waals surface area contributed by atoms with Gasteiger partial charge in [-0.2, -0.15) is 11.8 Å². The minimum absolute atomic E-state index is 0.00812. The second-order valence-corrected chi connectivity index (χ2v) is 28.2. The molecular formula is C72H115N19O13S. The number of nitrogens with two attached hydrogens (primary N) is 5. The molecule has 33 heteroatoms. The summed E-state index contributed by atoms with van der Waals surface area (Å²) in [5.41, 5.74) is 30.9. The van der Waals surface area contributed by atoms with E-state index in [1.165, 1.54) is 24.3 Å². The highest BCUT2D eigenvalue weighted by molar-refractivity contribution is 7.98. The Bertz CT molecular complexity index is 3400. The summed E-state index contributed by atoms with van der Waals surface area (Å²) in [6.07, 6.45) is 9.74. The summed E-state index contributed by atoms with van der Waals surface area (Å²) < 4.78 is 0. The number of rotatable bonds is 51. The van der Waals surface area contributed by atoms with Gasteiger partial charge in [-0.05, 0) is 144 Å². The summed E-state index contributed by atoms with van der Waals surface area (Å²) in [5, 5.41) is 41.5. The minimum atomic E-state index is -1.72. The number of aromatic amines is 2. The molecule has 0 aliphatic heterocycles. The van der Waals surface area contributed by atoms with Gasteiger partial charge in [0.25, 0.3) is 0 Å². The standard InChI is InChI=1S/C72H115N19O13S/c1-8-44(6)61(72(104)89-55(33-43(4)5)66(98)82-50(62(77)94)24-14-17-28-73)91-70(102)58(36-47-39-78-41-80-47)88-64(96)52(26-16-19-30-75)83-67(99)54(32-42(2)3)85-68(100)56(34-45-20-10-9-11-21-45)86-71(103)59(40-92)90-65(97)53(27-31-105-7)84-69(101)57(35-46-38-79-49-23-13-12-22-48(46)49)87-63(95)51(25-15-18-29-74)81-60(93)37-76/h9-13,20-23,38-39,41-44,50-59,61,79,92H,8,14-19,24-37,40,73-76H2,1-7H3,(H2,77,94)(H,78,80)(H,81,93)(H,82,98)(H,83,99)(H,84,101)(H,85,100)(H,86,103)(H,87,95)(H,88,96)(H,89,104)(H,90,97)(H,91,102)/t44-,50-,51-,52-,53-,54-,55-,56-,57-,58-,59-,61-/m0/s1. The Hall–Kier alpha value is -9.02. The maximum atomic E-state index is 14.8. The first-order chi connectivity index (χ1) is 50.2. The Labute approximate surface area is 619 Å². The largest absolute Gasteiger partial charge is 0.394 e. The first-order valence-electron chi connectivity index (χ1n) is 36.3. The highest BCUT2D eigenvalue weighted by atomic mass is 32.2. The Morgan fingerprint density at radius 3 is 1.40 bits per heavy atom. The van der Waals surface area contributed by atoms with Gasteiger partial charge in [-0.1, -0.05) is 96.5 Å². The minimum Gasteiger partial charge on any atom is -0.394 e. The molecule has 32 nitrogen and oxygen atoms in total. The number of unbranched alkanes of at least 4 members (excludes halogenated alkanes) is 3. The van der Waals surface area contributed by atoms with E-state index in [0.717, 1.165) is 10.9 Å². The van der Waals surface area contributed by atoms with Crippen molar-refractivity contribution in [3.8, 4) is 0 Å². The zero-order chi connectivity index (χ0) is 77.5. The number of primary amides is 1. The zero-order valence-corrected chi connectivity index (χ0v) is 62.5. The lowest BCUT2D eigenvalue weighted by Crippen LogP contribution is -2.62. The highest BCUT2D eigenvalue weighted by Crippen LogP contribution is 2.21. The summed E-state index contributed by atoms with van der Waals surface area (Å²) in [7, 11) is 0. The van der Waals surface area contributed by atoms with Gasteiger partial charge in [-0.15, -0.1) is 0 Å².